The van der Waals surface area contributed by atoms with Crippen molar-refractivity contribution in [2.75, 3.05) is 13.2 Å². The van der Waals surface area contributed by atoms with Crippen LogP contribution in [0.25, 0.3) is 0 Å². The molecule has 0 rings (SSSR count). The maximum absolute atomic E-state index is 11.4. The zero-order valence-corrected chi connectivity index (χ0v) is 13.4. The molecule has 0 aromatic rings. The number of esters is 2. The third-order valence-electron chi connectivity index (χ3n) is 3.40. The van der Waals surface area contributed by atoms with Gasteiger partial charge in [0.2, 0.25) is 0 Å². The van der Waals surface area contributed by atoms with E-state index in [1.54, 1.807) is 0 Å². The topological polar surface area (TPSA) is 52.6 Å². The van der Waals surface area contributed by atoms with E-state index in [4.69, 9.17) is 9.47 Å². The van der Waals surface area contributed by atoms with E-state index in [-0.39, 0.29) is 23.8 Å². The van der Waals surface area contributed by atoms with E-state index in [2.05, 4.69) is 0 Å². The fourth-order valence-corrected chi connectivity index (χ4v) is 2.06. The highest BCUT2D eigenvalue weighted by Crippen LogP contribution is 2.15. The summed E-state index contributed by atoms with van der Waals surface area (Å²) in [4.78, 5) is 22.8. The molecule has 0 spiro atoms. The fraction of sp³-hybridized carbons (Fsp3) is 0.875. The van der Waals surface area contributed by atoms with Gasteiger partial charge in [-0.1, -0.05) is 39.5 Å². The first-order valence-electron chi connectivity index (χ1n) is 7.86. The van der Waals surface area contributed by atoms with Gasteiger partial charge in [0.1, 0.15) is 0 Å². The van der Waals surface area contributed by atoms with Crippen LogP contribution in [-0.2, 0) is 19.1 Å². The average Bonchev–Trinajstić information content (AvgIpc) is 2.42. The van der Waals surface area contributed by atoms with Crippen LogP contribution in [0.15, 0.2) is 0 Å². The molecule has 0 N–H and O–H groups in total. The second-order valence-electron chi connectivity index (χ2n) is 5.30. The van der Waals surface area contributed by atoms with Crippen LogP contribution in [0.5, 0.6) is 0 Å². The largest absolute Gasteiger partial charge is 0.466 e. The van der Waals surface area contributed by atoms with E-state index in [9.17, 15) is 9.59 Å². The van der Waals surface area contributed by atoms with Gasteiger partial charge in [-0.05, 0) is 26.7 Å². The summed E-state index contributed by atoms with van der Waals surface area (Å²) in [6, 6.07) is 0. The minimum Gasteiger partial charge on any atom is -0.466 e. The van der Waals surface area contributed by atoms with Gasteiger partial charge >= 0.3 is 11.9 Å². The predicted molar refractivity (Wildman–Crippen MR) is 79.3 cm³/mol. The monoisotopic (exact) mass is 286 g/mol. The highest BCUT2D eigenvalue weighted by atomic mass is 16.5. The van der Waals surface area contributed by atoms with Crippen molar-refractivity contribution in [3.05, 3.63) is 0 Å². The van der Waals surface area contributed by atoms with Gasteiger partial charge in [0.15, 0.2) is 0 Å². The third-order valence-corrected chi connectivity index (χ3v) is 3.40. The number of rotatable bonds is 11. The van der Waals surface area contributed by atoms with Crippen LogP contribution in [0.4, 0.5) is 0 Å². The van der Waals surface area contributed by atoms with Gasteiger partial charge in [0.25, 0.3) is 0 Å². The number of ether oxygens (including phenoxy) is 2. The Hall–Kier alpha value is -1.06. The first-order valence-corrected chi connectivity index (χ1v) is 7.86. The van der Waals surface area contributed by atoms with E-state index in [1.165, 1.54) is 0 Å². The van der Waals surface area contributed by atoms with Crippen LogP contribution in [0.3, 0.4) is 0 Å². The Labute approximate surface area is 123 Å². The number of hydrogen-bond donors (Lipinski definition) is 0. The first kappa shape index (κ1) is 18.9. The molecule has 0 saturated heterocycles. The number of hydrogen-bond acceptors (Lipinski definition) is 4. The smallest absolute Gasteiger partial charge is 0.308 e. The zero-order chi connectivity index (χ0) is 15.4. The maximum atomic E-state index is 11.4. The summed E-state index contributed by atoms with van der Waals surface area (Å²) in [5, 5.41) is 0. The van der Waals surface area contributed by atoms with E-state index in [1.807, 2.05) is 27.7 Å². The van der Waals surface area contributed by atoms with Crippen LogP contribution in [0.1, 0.15) is 66.2 Å². The Balaban J connectivity index is 3.53. The molecule has 0 bridgehead atoms. The SMILES string of the molecule is CCOC(=O)C(C)CCCCCCC(C)C(=O)OCC. The van der Waals surface area contributed by atoms with Crippen LogP contribution < -0.4 is 0 Å². The minimum absolute atomic E-state index is 0.00611. The van der Waals surface area contributed by atoms with Gasteiger partial charge in [-0.25, -0.2) is 0 Å². The summed E-state index contributed by atoms with van der Waals surface area (Å²) in [7, 11) is 0. The molecule has 20 heavy (non-hydrogen) atoms. The molecule has 2 unspecified atom stereocenters. The second-order valence-corrected chi connectivity index (χ2v) is 5.30. The molecule has 0 aromatic carbocycles. The highest BCUT2D eigenvalue weighted by Gasteiger charge is 2.14. The molecule has 118 valence electrons. The lowest BCUT2D eigenvalue weighted by Crippen LogP contribution is -2.15. The third kappa shape index (κ3) is 8.94. The standard InChI is InChI=1S/C16H30O4/c1-5-19-15(17)13(3)11-9-7-8-10-12-14(4)16(18)20-6-2/h13-14H,5-12H2,1-4H3. The van der Waals surface area contributed by atoms with E-state index < -0.39 is 0 Å². The first-order chi connectivity index (χ1) is 9.52. The molecule has 4 nitrogen and oxygen atoms in total. The molecule has 0 aromatic heterocycles. The molecular formula is C16H30O4. The van der Waals surface area contributed by atoms with Gasteiger partial charge in [0.05, 0.1) is 25.0 Å². The Kier molecular flexibility index (Phi) is 11.1. The van der Waals surface area contributed by atoms with Crippen molar-refractivity contribution in [2.24, 2.45) is 11.8 Å². The molecular weight excluding hydrogens is 256 g/mol. The van der Waals surface area contributed by atoms with Crippen molar-refractivity contribution < 1.29 is 19.1 Å². The molecule has 0 fully saturated rings. The molecule has 2 atom stereocenters. The molecule has 0 aliphatic heterocycles. The van der Waals surface area contributed by atoms with Crippen LogP contribution >= 0.6 is 0 Å². The quantitative estimate of drug-likeness (QED) is 0.429. The number of carbonyl (C=O) groups excluding carboxylic acids is 2. The normalized spacial score (nSPS) is 13.6. The van der Waals surface area contributed by atoms with Crippen molar-refractivity contribution in [1.82, 2.24) is 0 Å². The Morgan fingerprint density at radius 3 is 1.40 bits per heavy atom. The average molecular weight is 286 g/mol. The van der Waals surface area contributed by atoms with Gasteiger partial charge < -0.3 is 9.47 Å². The summed E-state index contributed by atoms with van der Waals surface area (Å²) in [6.45, 7) is 8.40. The molecule has 0 aliphatic rings. The summed E-state index contributed by atoms with van der Waals surface area (Å²) < 4.78 is 9.94. The Morgan fingerprint density at radius 2 is 1.10 bits per heavy atom. The zero-order valence-electron chi connectivity index (χ0n) is 13.4. The molecule has 4 heteroatoms. The maximum Gasteiger partial charge on any atom is 0.308 e. The van der Waals surface area contributed by atoms with Crippen molar-refractivity contribution >= 4 is 11.9 Å². The lowest BCUT2D eigenvalue weighted by Gasteiger charge is -2.11. The van der Waals surface area contributed by atoms with Gasteiger partial charge in [-0.3, -0.25) is 9.59 Å². The Bertz CT molecular complexity index is 248. The van der Waals surface area contributed by atoms with Gasteiger partial charge in [-0.15, -0.1) is 0 Å². The van der Waals surface area contributed by atoms with Crippen molar-refractivity contribution in [3.63, 3.8) is 0 Å². The summed E-state index contributed by atoms with van der Waals surface area (Å²) in [5.74, 6) is -0.200. The summed E-state index contributed by atoms with van der Waals surface area (Å²) >= 11 is 0. The second kappa shape index (κ2) is 11.7. The van der Waals surface area contributed by atoms with E-state index in [0.29, 0.717) is 13.2 Å². The lowest BCUT2D eigenvalue weighted by atomic mass is 9.99. The lowest BCUT2D eigenvalue weighted by molar-refractivity contribution is -0.148. The number of carbonyl (C=O) groups is 2. The minimum atomic E-state index is -0.0940. The van der Waals surface area contributed by atoms with Crippen molar-refractivity contribution in [3.8, 4) is 0 Å². The van der Waals surface area contributed by atoms with Gasteiger partial charge in [0, 0.05) is 0 Å². The predicted octanol–water partition coefficient (Wildman–Crippen LogP) is 3.73. The molecule has 0 radical (unpaired) electrons. The fourth-order valence-electron chi connectivity index (χ4n) is 2.06. The summed E-state index contributed by atoms with van der Waals surface area (Å²) in [6.07, 6.45) is 6.03. The van der Waals surface area contributed by atoms with Crippen LogP contribution in [0, 0.1) is 11.8 Å². The van der Waals surface area contributed by atoms with Crippen LogP contribution in [-0.4, -0.2) is 25.2 Å². The molecule has 0 heterocycles. The van der Waals surface area contributed by atoms with E-state index >= 15 is 0 Å². The van der Waals surface area contributed by atoms with E-state index in [0.717, 1.165) is 38.5 Å². The Morgan fingerprint density at radius 1 is 0.750 bits per heavy atom. The number of unbranched alkanes of at least 4 members (excludes halogenated alkanes) is 3. The van der Waals surface area contributed by atoms with Crippen LogP contribution in [0.2, 0.25) is 0 Å². The van der Waals surface area contributed by atoms with Crippen molar-refractivity contribution in [1.29, 1.82) is 0 Å². The highest BCUT2D eigenvalue weighted by molar-refractivity contribution is 5.72. The molecule has 0 saturated carbocycles. The van der Waals surface area contributed by atoms with Crippen molar-refractivity contribution in [2.45, 2.75) is 66.2 Å². The van der Waals surface area contributed by atoms with Gasteiger partial charge in [-0.2, -0.15) is 0 Å². The summed E-state index contributed by atoms with van der Waals surface area (Å²) in [5.41, 5.74) is 0. The molecule has 0 amide bonds. The molecule has 0 aliphatic carbocycles.